The van der Waals surface area contributed by atoms with E-state index in [9.17, 15) is 9.59 Å². The number of hydrogen-bond acceptors (Lipinski definition) is 4. The van der Waals surface area contributed by atoms with Crippen LogP contribution in [0.5, 0.6) is 11.5 Å². The maximum absolute atomic E-state index is 13.0. The molecule has 154 valence electrons. The maximum Gasteiger partial charge on any atom is 0.253 e. The number of carbonyl (C=O) groups excluding carboxylic acids is 2. The second kappa shape index (κ2) is 9.18. The number of ether oxygens (including phenoxy) is 2. The highest BCUT2D eigenvalue weighted by Gasteiger charge is 2.25. The molecule has 2 aromatic rings. The molecule has 2 aromatic carbocycles. The standard InChI is InChI=1S/C22H25ClN2O4/c1-4-29-19-10-7-15(12-20(19)28-3)14-24(2)22(27)16-8-9-17(23)18(13-16)25-11-5-6-21(25)26/h7-10,12-13H,4-6,11,14H2,1-3H3. The van der Waals surface area contributed by atoms with E-state index in [0.717, 1.165) is 12.0 Å². The second-order valence-corrected chi connectivity index (χ2v) is 7.30. The zero-order valence-electron chi connectivity index (χ0n) is 16.9. The highest BCUT2D eigenvalue weighted by Crippen LogP contribution is 2.31. The van der Waals surface area contributed by atoms with E-state index < -0.39 is 0 Å². The van der Waals surface area contributed by atoms with Crippen LogP contribution in [0.25, 0.3) is 0 Å². The number of methoxy groups -OCH3 is 1. The summed E-state index contributed by atoms with van der Waals surface area (Å²) in [4.78, 5) is 28.3. The smallest absolute Gasteiger partial charge is 0.253 e. The molecule has 0 aromatic heterocycles. The first-order chi connectivity index (χ1) is 13.9. The molecule has 0 N–H and O–H groups in total. The minimum absolute atomic E-state index is 0.0336. The fourth-order valence-corrected chi connectivity index (χ4v) is 3.63. The van der Waals surface area contributed by atoms with Gasteiger partial charge in [0.05, 0.1) is 24.4 Å². The molecule has 1 heterocycles. The average Bonchev–Trinajstić information content (AvgIpc) is 3.14. The van der Waals surface area contributed by atoms with Gasteiger partial charge in [-0.05, 0) is 49.2 Å². The van der Waals surface area contributed by atoms with E-state index in [0.29, 0.717) is 53.9 Å². The maximum atomic E-state index is 13.0. The lowest BCUT2D eigenvalue weighted by Gasteiger charge is -2.21. The van der Waals surface area contributed by atoms with E-state index in [4.69, 9.17) is 21.1 Å². The normalized spacial score (nSPS) is 13.5. The van der Waals surface area contributed by atoms with Gasteiger partial charge in [0.2, 0.25) is 5.91 Å². The SMILES string of the molecule is CCOc1ccc(CN(C)C(=O)c2ccc(Cl)c(N3CCCC3=O)c2)cc1OC. The lowest BCUT2D eigenvalue weighted by Crippen LogP contribution is -2.27. The topological polar surface area (TPSA) is 59.1 Å². The second-order valence-electron chi connectivity index (χ2n) is 6.89. The number of halogens is 1. The molecule has 1 aliphatic heterocycles. The third kappa shape index (κ3) is 4.65. The number of amides is 2. The Bertz CT molecular complexity index is 916. The van der Waals surface area contributed by atoms with Crippen molar-refractivity contribution in [2.24, 2.45) is 0 Å². The summed E-state index contributed by atoms with van der Waals surface area (Å²) in [6, 6.07) is 10.7. The number of benzene rings is 2. The zero-order valence-corrected chi connectivity index (χ0v) is 17.7. The first-order valence-electron chi connectivity index (χ1n) is 9.59. The lowest BCUT2D eigenvalue weighted by atomic mass is 10.1. The van der Waals surface area contributed by atoms with Crippen molar-refractivity contribution in [3.63, 3.8) is 0 Å². The molecule has 0 atom stereocenters. The summed E-state index contributed by atoms with van der Waals surface area (Å²) in [6.07, 6.45) is 1.31. The summed E-state index contributed by atoms with van der Waals surface area (Å²) in [5.41, 5.74) is 2.01. The third-order valence-corrected chi connectivity index (χ3v) is 5.17. The molecule has 0 aliphatic carbocycles. The van der Waals surface area contributed by atoms with Crippen LogP contribution >= 0.6 is 11.6 Å². The van der Waals surface area contributed by atoms with Crippen LogP contribution in [-0.2, 0) is 11.3 Å². The van der Waals surface area contributed by atoms with Gasteiger partial charge in [0.25, 0.3) is 5.91 Å². The minimum Gasteiger partial charge on any atom is -0.493 e. The Morgan fingerprint density at radius 2 is 2.00 bits per heavy atom. The van der Waals surface area contributed by atoms with Gasteiger partial charge in [-0.15, -0.1) is 0 Å². The van der Waals surface area contributed by atoms with Gasteiger partial charge in [0.15, 0.2) is 11.5 Å². The molecule has 0 spiro atoms. The molecule has 6 nitrogen and oxygen atoms in total. The molecule has 1 aliphatic rings. The van der Waals surface area contributed by atoms with E-state index in [1.807, 2.05) is 25.1 Å². The van der Waals surface area contributed by atoms with Gasteiger partial charge in [-0.1, -0.05) is 17.7 Å². The first-order valence-corrected chi connectivity index (χ1v) is 9.97. The first kappa shape index (κ1) is 21.0. The van der Waals surface area contributed by atoms with Crippen LogP contribution < -0.4 is 14.4 Å². The molecule has 0 saturated carbocycles. The number of nitrogens with zero attached hydrogens (tertiary/aromatic N) is 2. The molecule has 3 rings (SSSR count). The van der Waals surface area contributed by atoms with Crippen molar-refractivity contribution in [1.82, 2.24) is 4.90 Å². The van der Waals surface area contributed by atoms with Crippen molar-refractivity contribution in [1.29, 1.82) is 0 Å². The minimum atomic E-state index is -0.151. The van der Waals surface area contributed by atoms with E-state index in [-0.39, 0.29) is 11.8 Å². The van der Waals surface area contributed by atoms with Crippen LogP contribution in [0.15, 0.2) is 36.4 Å². The molecule has 7 heteroatoms. The fourth-order valence-electron chi connectivity index (χ4n) is 3.41. The summed E-state index contributed by atoms with van der Waals surface area (Å²) in [5.74, 6) is 1.19. The van der Waals surface area contributed by atoms with Crippen LogP contribution in [-0.4, -0.2) is 44.0 Å². The van der Waals surface area contributed by atoms with Crippen molar-refractivity contribution in [2.75, 3.05) is 32.2 Å². The average molecular weight is 417 g/mol. The van der Waals surface area contributed by atoms with Crippen LogP contribution in [0.1, 0.15) is 35.7 Å². The summed E-state index contributed by atoms with van der Waals surface area (Å²) in [7, 11) is 3.33. The highest BCUT2D eigenvalue weighted by molar-refractivity contribution is 6.34. The van der Waals surface area contributed by atoms with Gasteiger partial charge in [-0.3, -0.25) is 9.59 Å². The molecule has 1 saturated heterocycles. The van der Waals surface area contributed by atoms with Crippen LogP contribution in [0.4, 0.5) is 5.69 Å². The van der Waals surface area contributed by atoms with E-state index in [1.165, 1.54) is 0 Å². The van der Waals surface area contributed by atoms with E-state index in [1.54, 1.807) is 42.2 Å². The van der Waals surface area contributed by atoms with Crippen LogP contribution in [0.3, 0.4) is 0 Å². The van der Waals surface area contributed by atoms with Crippen LogP contribution in [0, 0.1) is 0 Å². The van der Waals surface area contributed by atoms with Crippen molar-refractivity contribution in [2.45, 2.75) is 26.3 Å². The van der Waals surface area contributed by atoms with Gasteiger partial charge in [0.1, 0.15) is 0 Å². The Labute approximate surface area is 176 Å². The van der Waals surface area contributed by atoms with Gasteiger partial charge in [-0.2, -0.15) is 0 Å². The quantitative estimate of drug-likeness (QED) is 0.680. The molecule has 0 bridgehead atoms. The summed E-state index contributed by atoms with van der Waals surface area (Å²) in [5, 5.41) is 0.468. The van der Waals surface area contributed by atoms with E-state index >= 15 is 0 Å². The van der Waals surface area contributed by atoms with E-state index in [2.05, 4.69) is 0 Å². The third-order valence-electron chi connectivity index (χ3n) is 4.85. The van der Waals surface area contributed by atoms with Crippen molar-refractivity contribution in [3.05, 3.63) is 52.5 Å². The zero-order chi connectivity index (χ0) is 21.0. The Hall–Kier alpha value is -2.73. The Morgan fingerprint density at radius 1 is 1.21 bits per heavy atom. The molecule has 0 unspecified atom stereocenters. The summed E-state index contributed by atoms with van der Waals surface area (Å²) in [6.45, 7) is 3.49. The van der Waals surface area contributed by atoms with Crippen molar-refractivity contribution < 1.29 is 19.1 Å². The predicted octanol–water partition coefficient (Wildman–Crippen LogP) is 4.15. The molecule has 2 amide bonds. The summed E-state index contributed by atoms with van der Waals surface area (Å²) >= 11 is 6.28. The van der Waals surface area contributed by atoms with Gasteiger partial charge in [0, 0.05) is 32.1 Å². The molecule has 29 heavy (non-hydrogen) atoms. The number of carbonyl (C=O) groups is 2. The number of rotatable bonds is 7. The van der Waals surface area contributed by atoms with Crippen molar-refractivity contribution in [3.8, 4) is 11.5 Å². The molecule has 1 fully saturated rings. The van der Waals surface area contributed by atoms with Gasteiger partial charge in [-0.25, -0.2) is 0 Å². The summed E-state index contributed by atoms with van der Waals surface area (Å²) < 4.78 is 10.9. The Morgan fingerprint density at radius 3 is 2.66 bits per heavy atom. The van der Waals surface area contributed by atoms with Crippen LogP contribution in [0.2, 0.25) is 5.02 Å². The number of anilines is 1. The van der Waals surface area contributed by atoms with Crippen molar-refractivity contribution >= 4 is 29.1 Å². The van der Waals surface area contributed by atoms with Gasteiger partial charge >= 0.3 is 0 Å². The monoisotopic (exact) mass is 416 g/mol. The molecular weight excluding hydrogens is 392 g/mol. The highest BCUT2D eigenvalue weighted by atomic mass is 35.5. The lowest BCUT2D eigenvalue weighted by molar-refractivity contribution is -0.117. The Balaban J connectivity index is 1.77. The fraction of sp³-hybridized carbons (Fsp3) is 0.364. The largest absolute Gasteiger partial charge is 0.493 e. The number of hydrogen-bond donors (Lipinski definition) is 0. The predicted molar refractivity (Wildman–Crippen MR) is 113 cm³/mol. The molecular formula is C22H25ClN2O4. The van der Waals surface area contributed by atoms with Gasteiger partial charge < -0.3 is 19.3 Å². The Kier molecular flexibility index (Phi) is 6.64. The molecule has 0 radical (unpaired) electrons.